The lowest BCUT2D eigenvalue weighted by Gasteiger charge is -2.22. The van der Waals surface area contributed by atoms with Crippen LogP contribution in [0.5, 0.6) is 5.75 Å². The van der Waals surface area contributed by atoms with Crippen LogP contribution in [-0.2, 0) is 11.8 Å². The van der Waals surface area contributed by atoms with E-state index >= 15 is 0 Å². The van der Waals surface area contributed by atoms with E-state index < -0.39 is 0 Å². The Balaban J connectivity index is 1.45. The van der Waals surface area contributed by atoms with Crippen LogP contribution in [0.15, 0.2) is 83.3 Å². The van der Waals surface area contributed by atoms with E-state index in [-0.39, 0.29) is 17.7 Å². The van der Waals surface area contributed by atoms with Crippen molar-refractivity contribution < 1.29 is 9.53 Å². The van der Waals surface area contributed by atoms with Gasteiger partial charge in [0.25, 0.3) is 5.91 Å². The fourth-order valence-electron chi connectivity index (χ4n) is 3.96. The van der Waals surface area contributed by atoms with Gasteiger partial charge in [0.1, 0.15) is 12.1 Å². The number of nitrogens with zero attached hydrogens (tertiary/aromatic N) is 5. The molecular weight excluding hydrogens is 434 g/mol. The maximum atomic E-state index is 13.3. The predicted molar refractivity (Wildman–Crippen MR) is 129 cm³/mol. The Morgan fingerprint density at radius 3 is 2.61 bits per heavy atom. The summed E-state index contributed by atoms with van der Waals surface area (Å²) in [4.78, 5) is 13.3. The number of hydrogen-bond donors (Lipinski definition) is 0. The predicted octanol–water partition coefficient (Wildman–Crippen LogP) is 4.45. The van der Waals surface area contributed by atoms with Crippen molar-refractivity contribution in [2.75, 3.05) is 12.9 Å². The van der Waals surface area contributed by atoms with Gasteiger partial charge < -0.3 is 9.30 Å². The van der Waals surface area contributed by atoms with E-state index in [9.17, 15) is 4.79 Å². The van der Waals surface area contributed by atoms with E-state index in [0.29, 0.717) is 11.6 Å². The van der Waals surface area contributed by atoms with E-state index in [1.807, 2.05) is 43.4 Å². The molecule has 0 bridgehead atoms. The molecule has 1 aliphatic heterocycles. The van der Waals surface area contributed by atoms with Crippen molar-refractivity contribution in [1.29, 1.82) is 0 Å². The molecule has 1 unspecified atom stereocenters. The number of thioether (sulfide) groups is 1. The van der Waals surface area contributed by atoms with Crippen molar-refractivity contribution in [1.82, 2.24) is 19.8 Å². The molecule has 3 aromatic carbocycles. The van der Waals surface area contributed by atoms with E-state index in [1.165, 1.54) is 17.1 Å². The molecule has 8 heteroatoms. The zero-order chi connectivity index (χ0) is 22.8. The van der Waals surface area contributed by atoms with Gasteiger partial charge in [-0.15, -0.1) is 10.2 Å². The highest BCUT2D eigenvalue weighted by Crippen LogP contribution is 2.35. The van der Waals surface area contributed by atoms with E-state index in [4.69, 9.17) is 9.84 Å². The number of hydrogen-bond acceptors (Lipinski definition) is 6. The third-order valence-corrected chi connectivity index (χ3v) is 6.76. The summed E-state index contributed by atoms with van der Waals surface area (Å²) < 4.78 is 7.10. The standard InChI is InChI=1S/C25H23N5O2S/c1-29-16-26-27-25(29)33-15-24(31)30-23(18-9-11-21(32-2)12-10-18)14-22(28-30)20-8-7-17-5-3-4-6-19(17)13-20/h3-13,16,23H,14-15H2,1-2H3. The van der Waals surface area contributed by atoms with Crippen molar-refractivity contribution >= 4 is 34.2 Å². The van der Waals surface area contributed by atoms with Crippen LogP contribution >= 0.6 is 11.8 Å². The first-order valence-electron chi connectivity index (χ1n) is 10.6. The van der Waals surface area contributed by atoms with Crippen LogP contribution in [0.3, 0.4) is 0 Å². The number of aromatic nitrogens is 3. The van der Waals surface area contributed by atoms with Gasteiger partial charge >= 0.3 is 0 Å². The average molecular weight is 458 g/mol. The number of hydrazone groups is 1. The van der Waals surface area contributed by atoms with E-state index in [0.717, 1.165) is 28.0 Å². The first-order chi connectivity index (χ1) is 16.1. The molecule has 1 aromatic heterocycles. The molecule has 0 fully saturated rings. The Bertz CT molecular complexity index is 1330. The van der Waals surface area contributed by atoms with Crippen molar-refractivity contribution in [2.24, 2.45) is 12.1 Å². The van der Waals surface area contributed by atoms with Crippen LogP contribution in [-0.4, -0.2) is 44.3 Å². The lowest BCUT2D eigenvalue weighted by atomic mass is 9.97. The number of carbonyl (C=O) groups excluding carboxylic acids is 1. The maximum Gasteiger partial charge on any atom is 0.253 e. The van der Waals surface area contributed by atoms with Crippen LogP contribution in [0.25, 0.3) is 10.8 Å². The highest BCUT2D eigenvalue weighted by atomic mass is 32.2. The molecule has 1 atom stereocenters. The van der Waals surface area contributed by atoms with Gasteiger partial charge in [0, 0.05) is 13.5 Å². The molecule has 1 aliphatic rings. The van der Waals surface area contributed by atoms with Gasteiger partial charge in [0.15, 0.2) is 5.16 Å². The Hall–Kier alpha value is -3.65. The lowest BCUT2D eigenvalue weighted by Crippen LogP contribution is -2.28. The summed E-state index contributed by atoms with van der Waals surface area (Å²) in [6, 6.07) is 22.2. The molecule has 1 amide bonds. The SMILES string of the molecule is COc1ccc(C2CC(c3ccc4ccccc4c3)=NN2C(=O)CSc2nncn2C)cc1. The zero-order valence-corrected chi connectivity index (χ0v) is 19.2. The third kappa shape index (κ3) is 4.34. The number of benzene rings is 3. The summed E-state index contributed by atoms with van der Waals surface area (Å²) in [5.41, 5.74) is 2.95. The van der Waals surface area contributed by atoms with Gasteiger partial charge in [-0.25, -0.2) is 5.01 Å². The summed E-state index contributed by atoms with van der Waals surface area (Å²) in [5, 5.41) is 17.4. The summed E-state index contributed by atoms with van der Waals surface area (Å²) >= 11 is 1.36. The first-order valence-corrected chi connectivity index (χ1v) is 11.6. The van der Waals surface area contributed by atoms with Crippen molar-refractivity contribution in [2.45, 2.75) is 17.6 Å². The van der Waals surface area contributed by atoms with Crippen LogP contribution in [0.2, 0.25) is 0 Å². The Labute approximate surface area is 196 Å². The largest absolute Gasteiger partial charge is 0.497 e. The van der Waals surface area contributed by atoms with Crippen LogP contribution < -0.4 is 4.74 Å². The highest BCUT2D eigenvalue weighted by Gasteiger charge is 2.33. The van der Waals surface area contributed by atoms with Gasteiger partial charge in [-0.1, -0.05) is 60.3 Å². The van der Waals surface area contributed by atoms with Crippen LogP contribution in [0.4, 0.5) is 0 Å². The molecule has 166 valence electrons. The second-order valence-corrected chi connectivity index (χ2v) is 8.80. The fraction of sp³-hybridized carbons (Fsp3) is 0.200. The molecular formula is C25H23N5O2S. The minimum Gasteiger partial charge on any atom is -0.497 e. The van der Waals surface area contributed by atoms with Gasteiger partial charge in [-0.3, -0.25) is 4.79 Å². The minimum absolute atomic E-state index is 0.0698. The molecule has 7 nitrogen and oxygen atoms in total. The topological polar surface area (TPSA) is 72.6 Å². The fourth-order valence-corrected chi connectivity index (χ4v) is 4.71. The number of fused-ring (bicyclic) bond motifs is 1. The quantitative estimate of drug-likeness (QED) is 0.400. The Morgan fingerprint density at radius 1 is 1.09 bits per heavy atom. The number of methoxy groups -OCH3 is 1. The monoisotopic (exact) mass is 457 g/mol. The third-order valence-electron chi connectivity index (χ3n) is 5.74. The lowest BCUT2D eigenvalue weighted by molar-refractivity contribution is -0.130. The molecule has 0 radical (unpaired) electrons. The van der Waals surface area contributed by atoms with Gasteiger partial charge in [0.2, 0.25) is 0 Å². The number of ether oxygens (including phenoxy) is 1. The molecule has 0 saturated carbocycles. The van der Waals surface area contributed by atoms with Crippen LogP contribution in [0.1, 0.15) is 23.6 Å². The van der Waals surface area contributed by atoms with Crippen molar-refractivity contribution in [3.05, 3.63) is 84.2 Å². The molecule has 2 heterocycles. The minimum atomic E-state index is -0.176. The van der Waals surface area contributed by atoms with Gasteiger partial charge in [0.05, 0.1) is 24.6 Å². The number of aryl methyl sites for hydroxylation is 1. The Kier molecular flexibility index (Phi) is 5.83. The first kappa shape index (κ1) is 21.2. The summed E-state index contributed by atoms with van der Waals surface area (Å²) in [6.45, 7) is 0. The molecule has 0 saturated heterocycles. The molecule has 0 spiro atoms. The molecule has 4 aromatic rings. The second-order valence-electron chi connectivity index (χ2n) is 7.85. The smallest absolute Gasteiger partial charge is 0.253 e. The normalized spacial score (nSPS) is 15.6. The highest BCUT2D eigenvalue weighted by molar-refractivity contribution is 7.99. The Morgan fingerprint density at radius 2 is 1.88 bits per heavy atom. The van der Waals surface area contributed by atoms with Crippen molar-refractivity contribution in [3.63, 3.8) is 0 Å². The number of amides is 1. The molecule has 0 N–H and O–H groups in total. The zero-order valence-electron chi connectivity index (χ0n) is 18.4. The van der Waals surface area contributed by atoms with Gasteiger partial charge in [-0.2, -0.15) is 5.10 Å². The van der Waals surface area contributed by atoms with E-state index in [2.05, 4.69) is 40.5 Å². The summed E-state index contributed by atoms with van der Waals surface area (Å²) in [5.74, 6) is 0.941. The number of rotatable bonds is 6. The molecule has 5 rings (SSSR count). The average Bonchev–Trinajstić information content (AvgIpc) is 3.49. The number of carbonyl (C=O) groups is 1. The second kappa shape index (κ2) is 9.07. The van der Waals surface area contributed by atoms with Crippen molar-refractivity contribution in [3.8, 4) is 5.75 Å². The summed E-state index contributed by atoms with van der Waals surface area (Å²) in [7, 11) is 3.50. The van der Waals surface area contributed by atoms with Gasteiger partial charge in [-0.05, 0) is 40.1 Å². The molecule has 33 heavy (non-hydrogen) atoms. The molecule has 0 aliphatic carbocycles. The summed E-state index contributed by atoms with van der Waals surface area (Å²) in [6.07, 6.45) is 2.27. The maximum absolute atomic E-state index is 13.3. The van der Waals surface area contributed by atoms with E-state index in [1.54, 1.807) is 23.0 Å². The van der Waals surface area contributed by atoms with Crippen LogP contribution in [0, 0.1) is 0 Å².